The number of nitrogens with zero attached hydrogens (tertiary/aromatic N) is 5. The van der Waals surface area contributed by atoms with Crippen LogP contribution in [0, 0.1) is 11.8 Å². The first-order valence-corrected chi connectivity index (χ1v) is 16.0. The van der Waals surface area contributed by atoms with Crippen LogP contribution < -0.4 is 0 Å². The van der Waals surface area contributed by atoms with Gasteiger partial charge in [0.1, 0.15) is 29.7 Å². The highest BCUT2D eigenvalue weighted by molar-refractivity contribution is 5.99. The van der Waals surface area contributed by atoms with Crippen LogP contribution in [-0.2, 0) is 30.5 Å². The number of likely N-dealkylation sites (tertiary alicyclic amines) is 1. The smallest absolute Gasteiger partial charge is 0.312 e. The minimum Gasteiger partial charge on any atom is -0.465 e. The second kappa shape index (κ2) is 12.8. The molecule has 2 amide bonds. The molecule has 4 heterocycles. The molecular weight excluding hydrogens is 586 g/mol. The van der Waals surface area contributed by atoms with E-state index in [1.807, 2.05) is 61.5 Å². The van der Waals surface area contributed by atoms with E-state index in [0.717, 1.165) is 5.52 Å². The van der Waals surface area contributed by atoms with E-state index in [2.05, 4.69) is 23.5 Å². The number of hydrogen-bond acceptors (Lipinski definition) is 8. The molecule has 0 saturated carbocycles. The van der Waals surface area contributed by atoms with Crippen molar-refractivity contribution in [2.75, 3.05) is 19.8 Å². The standard InChI is InChI=1S/C35H41N5O6/c1-4-7-13-21-45-33(44)29-28-31(42)40(27(22-41)24-14-9-8-10-15-24)30(35(28)19-18-34(29,6-3)46-35)32(43)38(20-5-2)23-39-26-17-12-11-16-25(26)36-37-39/h4-5,8-12,14-17,27-30,41H,1-2,6-7,13,18-23H2,3H3/t27-,28+,29-,30?,34+,35?/m1/s1. The fourth-order valence-electron chi connectivity index (χ4n) is 7.88. The van der Waals surface area contributed by atoms with Gasteiger partial charge in [-0.05, 0) is 49.8 Å². The van der Waals surface area contributed by atoms with Gasteiger partial charge in [0.15, 0.2) is 0 Å². The summed E-state index contributed by atoms with van der Waals surface area (Å²) in [5, 5.41) is 19.3. The number of rotatable bonds is 14. The maximum Gasteiger partial charge on any atom is 0.312 e. The van der Waals surface area contributed by atoms with Crippen LogP contribution in [0.25, 0.3) is 11.0 Å². The Morgan fingerprint density at radius 1 is 1.15 bits per heavy atom. The molecular formula is C35H41N5O6. The molecule has 0 radical (unpaired) electrons. The summed E-state index contributed by atoms with van der Waals surface area (Å²) < 4.78 is 14.3. The number of unbranched alkanes of at least 4 members (excludes halogenated alkanes) is 1. The monoisotopic (exact) mass is 627 g/mol. The first kappa shape index (κ1) is 31.6. The van der Waals surface area contributed by atoms with Crippen molar-refractivity contribution in [2.24, 2.45) is 11.8 Å². The number of hydrogen-bond donors (Lipinski definition) is 1. The van der Waals surface area contributed by atoms with Gasteiger partial charge in [0.05, 0.1) is 36.3 Å². The molecule has 2 unspecified atom stereocenters. The summed E-state index contributed by atoms with van der Waals surface area (Å²) in [6.45, 7) is 9.55. The SMILES string of the molecule is C=CCCCOC(=O)[C@H]1[C@H]2C(=O)N([C@H](CO)c3ccccc3)C(C(=O)N(CC=C)Cn3nnc4ccccc43)C23CC[C@]1(CC)O3. The quantitative estimate of drug-likeness (QED) is 0.163. The average Bonchev–Trinajstić information content (AvgIpc) is 3.81. The van der Waals surface area contributed by atoms with Gasteiger partial charge in [0.25, 0.3) is 0 Å². The van der Waals surface area contributed by atoms with E-state index in [0.29, 0.717) is 43.2 Å². The molecule has 2 bridgehead atoms. The van der Waals surface area contributed by atoms with Crippen molar-refractivity contribution < 1.29 is 29.0 Å². The molecule has 242 valence electrons. The van der Waals surface area contributed by atoms with Gasteiger partial charge < -0.3 is 24.4 Å². The van der Waals surface area contributed by atoms with Crippen molar-refractivity contribution in [3.63, 3.8) is 0 Å². The number of amides is 2. The van der Waals surface area contributed by atoms with Crippen molar-refractivity contribution in [3.05, 3.63) is 85.5 Å². The fraction of sp³-hybridized carbons (Fsp3) is 0.457. The van der Waals surface area contributed by atoms with E-state index in [1.54, 1.807) is 21.7 Å². The predicted octanol–water partition coefficient (Wildman–Crippen LogP) is 3.80. The van der Waals surface area contributed by atoms with Crippen LogP contribution in [0.5, 0.6) is 0 Å². The Morgan fingerprint density at radius 3 is 2.63 bits per heavy atom. The van der Waals surface area contributed by atoms with E-state index in [4.69, 9.17) is 9.47 Å². The molecule has 1 N–H and O–H groups in total. The van der Waals surface area contributed by atoms with Crippen LogP contribution in [0.1, 0.15) is 50.6 Å². The third-order valence-corrected chi connectivity index (χ3v) is 9.98. The van der Waals surface area contributed by atoms with Crippen LogP contribution in [0.15, 0.2) is 79.9 Å². The van der Waals surface area contributed by atoms with E-state index in [-0.39, 0.29) is 25.7 Å². The molecule has 11 heteroatoms. The Morgan fingerprint density at radius 2 is 1.91 bits per heavy atom. The maximum atomic E-state index is 15.0. The van der Waals surface area contributed by atoms with Crippen molar-refractivity contribution in [3.8, 4) is 0 Å². The lowest BCUT2D eigenvalue weighted by molar-refractivity contribution is -0.164. The number of aromatic nitrogens is 3. The molecule has 6 atom stereocenters. The van der Waals surface area contributed by atoms with Gasteiger partial charge in [-0.3, -0.25) is 14.4 Å². The van der Waals surface area contributed by atoms with Gasteiger partial charge in [-0.1, -0.05) is 66.8 Å². The van der Waals surface area contributed by atoms with E-state index in [1.165, 1.54) is 4.90 Å². The minimum atomic E-state index is -1.29. The summed E-state index contributed by atoms with van der Waals surface area (Å²) in [5.74, 6) is -3.09. The van der Waals surface area contributed by atoms with Crippen LogP contribution in [0.3, 0.4) is 0 Å². The van der Waals surface area contributed by atoms with Gasteiger partial charge in [-0.15, -0.1) is 18.3 Å². The highest BCUT2D eigenvalue weighted by Crippen LogP contribution is 2.65. The number of fused-ring (bicyclic) bond motifs is 2. The lowest BCUT2D eigenvalue weighted by atomic mass is 9.65. The van der Waals surface area contributed by atoms with Crippen molar-refractivity contribution in [1.29, 1.82) is 0 Å². The Balaban J connectivity index is 1.43. The summed E-state index contributed by atoms with van der Waals surface area (Å²) in [4.78, 5) is 46.6. The van der Waals surface area contributed by atoms with E-state index in [9.17, 15) is 19.5 Å². The zero-order chi connectivity index (χ0) is 32.5. The second-order valence-corrected chi connectivity index (χ2v) is 12.4. The number of esters is 1. The van der Waals surface area contributed by atoms with Crippen LogP contribution in [0.2, 0.25) is 0 Å². The second-order valence-electron chi connectivity index (χ2n) is 12.4. The van der Waals surface area contributed by atoms with Crippen molar-refractivity contribution in [2.45, 2.75) is 69.0 Å². The minimum absolute atomic E-state index is 0.0491. The summed E-state index contributed by atoms with van der Waals surface area (Å²) in [5.41, 5.74) is -0.117. The molecule has 2 aromatic carbocycles. The van der Waals surface area contributed by atoms with Gasteiger partial charge in [-0.25, -0.2) is 4.68 Å². The van der Waals surface area contributed by atoms with Crippen LogP contribution in [0.4, 0.5) is 0 Å². The third-order valence-electron chi connectivity index (χ3n) is 9.98. The highest BCUT2D eigenvalue weighted by Gasteiger charge is 2.79. The Kier molecular flexibility index (Phi) is 8.80. The van der Waals surface area contributed by atoms with Gasteiger partial charge in [-0.2, -0.15) is 0 Å². The summed E-state index contributed by atoms with van der Waals surface area (Å²) in [6.07, 6.45) is 6.09. The molecule has 3 aliphatic rings. The van der Waals surface area contributed by atoms with E-state index >= 15 is 0 Å². The lowest BCUT2D eigenvalue weighted by Gasteiger charge is -2.39. The number of allylic oxidation sites excluding steroid dienone is 1. The largest absolute Gasteiger partial charge is 0.465 e. The topological polar surface area (TPSA) is 127 Å². The molecule has 1 aromatic heterocycles. The first-order chi connectivity index (χ1) is 22.4. The zero-order valence-electron chi connectivity index (χ0n) is 26.2. The average molecular weight is 628 g/mol. The fourth-order valence-corrected chi connectivity index (χ4v) is 7.88. The molecule has 3 aliphatic heterocycles. The van der Waals surface area contributed by atoms with E-state index < -0.39 is 53.6 Å². The Bertz CT molecular complexity index is 1630. The lowest BCUT2D eigenvalue weighted by Crippen LogP contribution is -2.57. The Labute approximate surface area is 268 Å². The zero-order valence-corrected chi connectivity index (χ0v) is 26.2. The Hall–Kier alpha value is -4.35. The number of para-hydroxylation sites is 1. The molecule has 3 fully saturated rings. The molecule has 46 heavy (non-hydrogen) atoms. The molecule has 11 nitrogen and oxygen atoms in total. The summed E-state index contributed by atoms with van der Waals surface area (Å²) in [6, 6.07) is 14.6. The van der Waals surface area contributed by atoms with Crippen LogP contribution >= 0.6 is 0 Å². The first-order valence-electron chi connectivity index (χ1n) is 16.0. The van der Waals surface area contributed by atoms with Gasteiger partial charge in [0.2, 0.25) is 11.8 Å². The molecule has 3 aromatic rings. The number of aliphatic hydroxyl groups excluding tert-OH is 1. The highest BCUT2D eigenvalue weighted by atomic mass is 16.6. The molecule has 3 saturated heterocycles. The number of carbonyl (C=O) groups excluding carboxylic acids is 3. The normalized spacial score (nSPS) is 27.0. The molecule has 1 spiro atoms. The molecule has 6 rings (SSSR count). The summed E-state index contributed by atoms with van der Waals surface area (Å²) in [7, 11) is 0. The summed E-state index contributed by atoms with van der Waals surface area (Å²) >= 11 is 0. The van der Waals surface area contributed by atoms with Gasteiger partial charge in [0, 0.05) is 6.54 Å². The van der Waals surface area contributed by atoms with Crippen molar-refractivity contribution >= 4 is 28.8 Å². The van der Waals surface area contributed by atoms with Crippen molar-refractivity contribution in [1.82, 2.24) is 24.8 Å². The van der Waals surface area contributed by atoms with Gasteiger partial charge >= 0.3 is 5.97 Å². The van der Waals surface area contributed by atoms with Crippen LogP contribution in [-0.4, -0.2) is 84.7 Å². The number of carbonyl (C=O) groups is 3. The molecule has 0 aliphatic carbocycles. The number of ether oxygens (including phenoxy) is 2. The maximum absolute atomic E-state index is 15.0. The number of aliphatic hydroxyl groups is 1. The number of benzene rings is 2. The predicted molar refractivity (Wildman–Crippen MR) is 170 cm³/mol. The third kappa shape index (κ3) is 5.02.